The number of hydrogen-bond donors (Lipinski definition) is 0. The summed E-state index contributed by atoms with van der Waals surface area (Å²) in [6.45, 7) is 0. The third-order valence-electron chi connectivity index (χ3n) is 2.85. The van der Waals surface area contributed by atoms with Crippen molar-refractivity contribution in [1.29, 1.82) is 5.26 Å². The fourth-order valence-corrected chi connectivity index (χ4v) is 3.06. The molecule has 0 bridgehead atoms. The number of nitriles is 1. The molecule has 0 N–H and O–H groups in total. The SMILES string of the molecule is N#CC1=CC2=COC3=C(SC2C=C1)C(=O)CC=C3. The van der Waals surface area contributed by atoms with Crippen LogP contribution in [0.4, 0.5) is 0 Å². The molecule has 1 atom stereocenters. The van der Waals surface area contributed by atoms with Crippen LogP contribution in [0.2, 0.25) is 0 Å². The minimum absolute atomic E-state index is 0.0463. The maximum atomic E-state index is 11.9. The molecule has 0 spiro atoms. The molecule has 0 fully saturated rings. The van der Waals surface area contributed by atoms with E-state index in [4.69, 9.17) is 10.00 Å². The number of fused-ring (bicyclic) bond motifs is 1. The van der Waals surface area contributed by atoms with Crippen LogP contribution in [0.25, 0.3) is 0 Å². The molecule has 88 valence electrons. The van der Waals surface area contributed by atoms with E-state index in [1.165, 1.54) is 11.8 Å². The van der Waals surface area contributed by atoms with Gasteiger partial charge < -0.3 is 4.74 Å². The Hall–Kier alpha value is -1.99. The topological polar surface area (TPSA) is 50.1 Å². The molecule has 0 radical (unpaired) electrons. The Morgan fingerprint density at radius 1 is 1.44 bits per heavy atom. The summed E-state index contributed by atoms with van der Waals surface area (Å²) in [5.41, 5.74) is 1.51. The summed E-state index contributed by atoms with van der Waals surface area (Å²) in [4.78, 5) is 12.5. The van der Waals surface area contributed by atoms with Gasteiger partial charge in [0.25, 0.3) is 0 Å². The molecule has 0 amide bonds. The van der Waals surface area contributed by atoms with Crippen LogP contribution in [-0.4, -0.2) is 11.0 Å². The minimum Gasteiger partial charge on any atom is -0.463 e. The first-order chi connectivity index (χ1) is 8.78. The van der Waals surface area contributed by atoms with E-state index in [1.807, 2.05) is 18.2 Å². The van der Waals surface area contributed by atoms with E-state index < -0.39 is 0 Å². The lowest BCUT2D eigenvalue weighted by atomic mass is 10.0. The molecule has 0 saturated heterocycles. The highest BCUT2D eigenvalue weighted by atomic mass is 32.2. The van der Waals surface area contributed by atoms with E-state index >= 15 is 0 Å². The summed E-state index contributed by atoms with van der Waals surface area (Å²) >= 11 is 1.49. The average molecular weight is 255 g/mol. The molecule has 1 heterocycles. The number of Topliss-reactive ketones (excluding diaryl/α,β-unsaturated/α-hetero) is 1. The third-order valence-corrected chi connectivity index (χ3v) is 4.19. The molecule has 4 heteroatoms. The molecule has 0 aromatic carbocycles. The number of carbonyl (C=O) groups is 1. The minimum atomic E-state index is 0.0463. The first-order valence-electron chi connectivity index (χ1n) is 5.55. The van der Waals surface area contributed by atoms with E-state index in [0.717, 1.165) is 5.57 Å². The summed E-state index contributed by atoms with van der Waals surface area (Å²) in [5, 5.41) is 8.93. The molecule has 3 aliphatic rings. The smallest absolute Gasteiger partial charge is 0.176 e. The molecule has 3 nitrogen and oxygen atoms in total. The van der Waals surface area contributed by atoms with Gasteiger partial charge >= 0.3 is 0 Å². The van der Waals surface area contributed by atoms with Gasteiger partial charge in [-0.25, -0.2) is 0 Å². The van der Waals surface area contributed by atoms with Crippen LogP contribution in [-0.2, 0) is 9.53 Å². The number of hydrogen-bond acceptors (Lipinski definition) is 4. The van der Waals surface area contributed by atoms with Crippen LogP contribution in [0.3, 0.4) is 0 Å². The van der Waals surface area contributed by atoms with Gasteiger partial charge in [0.2, 0.25) is 0 Å². The molecule has 3 rings (SSSR count). The summed E-state index contributed by atoms with van der Waals surface area (Å²) in [6, 6.07) is 2.10. The zero-order valence-electron chi connectivity index (χ0n) is 9.42. The second kappa shape index (κ2) is 4.35. The van der Waals surface area contributed by atoms with Crippen molar-refractivity contribution in [3.8, 4) is 6.07 Å². The van der Waals surface area contributed by atoms with Gasteiger partial charge in [0.15, 0.2) is 5.78 Å². The molecule has 1 aliphatic heterocycles. The van der Waals surface area contributed by atoms with Gasteiger partial charge in [-0.3, -0.25) is 4.79 Å². The Balaban J connectivity index is 1.97. The summed E-state index contributed by atoms with van der Waals surface area (Å²) in [7, 11) is 0. The number of thioether (sulfide) groups is 1. The van der Waals surface area contributed by atoms with Crippen LogP contribution in [0.5, 0.6) is 0 Å². The molecule has 0 aromatic heterocycles. The highest BCUT2D eigenvalue weighted by molar-refractivity contribution is 8.05. The molecular weight excluding hydrogens is 246 g/mol. The number of ether oxygens (including phenoxy) is 1. The lowest BCUT2D eigenvalue weighted by molar-refractivity contribution is -0.114. The zero-order chi connectivity index (χ0) is 12.5. The van der Waals surface area contributed by atoms with Crippen LogP contribution in [0.15, 0.2) is 58.5 Å². The number of ketones is 1. The largest absolute Gasteiger partial charge is 0.463 e. The Morgan fingerprint density at radius 2 is 2.33 bits per heavy atom. The Morgan fingerprint density at radius 3 is 3.17 bits per heavy atom. The van der Waals surface area contributed by atoms with Crippen molar-refractivity contribution in [2.45, 2.75) is 11.7 Å². The van der Waals surface area contributed by atoms with E-state index in [0.29, 0.717) is 22.7 Å². The first-order valence-corrected chi connectivity index (χ1v) is 6.43. The molecular formula is C14H9NO2S. The van der Waals surface area contributed by atoms with Crippen molar-refractivity contribution in [1.82, 2.24) is 0 Å². The molecule has 18 heavy (non-hydrogen) atoms. The van der Waals surface area contributed by atoms with Gasteiger partial charge in [-0.05, 0) is 18.2 Å². The van der Waals surface area contributed by atoms with Crippen LogP contribution < -0.4 is 0 Å². The quantitative estimate of drug-likeness (QED) is 0.668. The summed E-state index contributed by atoms with van der Waals surface area (Å²) in [5.74, 6) is 0.703. The zero-order valence-corrected chi connectivity index (χ0v) is 10.2. The molecule has 1 unspecified atom stereocenters. The summed E-state index contributed by atoms with van der Waals surface area (Å²) in [6.07, 6.45) is 11.2. The van der Waals surface area contributed by atoms with Gasteiger partial charge in [-0.15, -0.1) is 11.8 Å². The van der Waals surface area contributed by atoms with Gasteiger partial charge in [0, 0.05) is 12.0 Å². The lowest BCUT2D eigenvalue weighted by Gasteiger charge is -2.16. The van der Waals surface area contributed by atoms with Crippen LogP contribution in [0.1, 0.15) is 6.42 Å². The number of rotatable bonds is 0. The van der Waals surface area contributed by atoms with Crippen LogP contribution in [0, 0.1) is 11.3 Å². The monoisotopic (exact) mass is 255 g/mol. The van der Waals surface area contributed by atoms with E-state index in [1.54, 1.807) is 18.4 Å². The normalized spacial score (nSPS) is 25.3. The number of allylic oxidation sites excluding steroid dienone is 6. The van der Waals surface area contributed by atoms with Crippen molar-refractivity contribution >= 4 is 17.5 Å². The van der Waals surface area contributed by atoms with Crippen LogP contribution >= 0.6 is 11.8 Å². The van der Waals surface area contributed by atoms with Gasteiger partial charge in [-0.2, -0.15) is 5.26 Å². The fraction of sp³-hybridized carbons (Fsp3) is 0.143. The molecule has 2 aliphatic carbocycles. The standard InChI is InChI=1S/C14H9NO2S/c15-7-9-4-5-13-10(6-9)8-17-12-3-1-2-11(16)14(12)18-13/h1,3-6,8,13H,2H2. The van der Waals surface area contributed by atoms with Crippen molar-refractivity contribution < 1.29 is 9.53 Å². The predicted octanol–water partition coefficient (Wildman–Crippen LogP) is 2.76. The second-order valence-corrected chi connectivity index (χ2v) is 5.22. The Kier molecular flexibility index (Phi) is 2.69. The third kappa shape index (κ3) is 1.83. The molecule has 0 saturated carbocycles. The number of carbonyl (C=O) groups excluding carboxylic acids is 1. The van der Waals surface area contributed by atoms with E-state index in [-0.39, 0.29) is 11.0 Å². The van der Waals surface area contributed by atoms with Gasteiger partial charge in [0.05, 0.1) is 28.1 Å². The van der Waals surface area contributed by atoms with Crippen molar-refractivity contribution in [3.05, 3.63) is 58.5 Å². The van der Waals surface area contributed by atoms with E-state index in [2.05, 4.69) is 6.07 Å². The van der Waals surface area contributed by atoms with Crippen molar-refractivity contribution in [2.24, 2.45) is 0 Å². The number of nitrogens with zero attached hydrogens (tertiary/aromatic N) is 1. The Bertz CT molecular complexity index is 614. The lowest BCUT2D eigenvalue weighted by Crippen LogP contribution is -2.10. The highest BCUT2D eigenvalue weighted by Crippen LogP contribution is 2.39. The van der Waals surface area contributed by atoms with Crippen molar-refractivity contribution in [3.63, 3.8) is 0 Å². The van der Waals surface area contributed by atoms with E-state index in [9.17, 15) is 4.79 Å². The summed E-state index contributed by atoms with van der Waals surface area (Å²) < 4.78 is 5.54. The maximum absolute atomic E-state index is 11.9. The maximum Gasteiger partial charge on any atom is 0.176 e. The van der Waals surface area contributed by atoms with Gasteiger partial charge in [-0.1, -0.05) is 12.2 Å². The molecule has 0 aromatic rings. The predicted molar refractivity (Wildman–Crippen MR) is 69.2 cm³/mol. The van der Waals surface area contributed by atoms with Crippen molar-refractivity contribution in [2.75, 3.05) is 0 Å². The first kappa shape index (κ1) is 11.1. The second-order valence-electron chi connectivity index (χ2n) is 4.07. The van der Waals surface area contributed by atoms with Gasteiger partial charge in [0.1, 0.15) is 5.76 Å². The Labute approximate surface area is 109 Å². The average Bonchev–Trinajstić information content (AvgIpc) is 2.58. The fourth-order valence-electron chi connectivity index (χ4n) is 1.94. The highest BCUT2D eigenvalue weighted by Gasteiger charge is 2.27.